The van der Waals surface area contributed by atoms with Crippen molar-refractivity contribution in [1.29, 1.82) is 0 Å². The summed E-state index contributed by atoms with van der Waals surface area (Å²) in [5.41, 5.74) is 5.64. The standard InChI is InChI=1S/C13H24N2O4S/c1-13(2,11(14)12(17)18)20-9-3-4-10(16)15-5-7-19-8-6-15/h11H,3-9,14H2,1-2H3,(H,17,18)/t11-/m0/s1. The quantitative estimate of drug-likeness (QED) is 0.667. The Morgan fingerprint density at radius 3 is 2.55 bits per heavy atom. The van der Waals surface area contributed by atoms with Crippen LogP contribution in [0.5, 0.6) is 0 Å². The Kier molecular flexibility index (Phi) is 6.78. The van der Waals surface area contributed by atoms with Gasteiger partial charge in [-0.3, -0.25) is 9.59 Å². The van der Waals surface area contributed by atoms with E-state index < -0.39 is 16.8 Å². The van der Waals surface area contributed by atoms with Gasteiger partial charge in [-0.15, -0.1) is 0 Å². The van der Waals surface area contributed by atoms with Crippen molar-refractivity contribution in [3.63, 3.8) is 0 Å². The minimum atomic E-state index is -0.994. The highest BCUT2D eigenvalue weighted by atomic mass is 32.2. The molecule has 0 unspecified atom stereocenters. The van der Waals surface area contributed by atoms with Gasteiger partial charge < -0.3 is 20.5 Å². The minimum Gasteiger partial charge on any atom is -0.480 e. The van der Waals surface area contributed by atoms with Gasteiger partial charge in [0.2, 0.25) is 5.91 Å². The van der Waals surface area contributed by atoms with E-state index in [4.69, 9.17) is 15.6 Å². The Morgan fingerprint density at radius 2 is 2.00 bits per heavy atom. The summed E-state index contributed by atoms with van der Waals surface area (Å²) in [5, 5.41) is 8.92. The molecule has 0 aromatic heterocycles. The SMILES string of the molecule is CC(C)(SCCCC(=O)N1CCOCC1)[C@@H](N)C(=O)O. The molecular weight excluding hydrogens is 280 g/mol. The number of carboxylic acid groups (broad SMARTS) is 1. The predicted octanol–water partition coefficient (Wildman–Crippen LogP) is 0.549. The molecule has 1 rings (SSSR count). The first kappa shape index (κ1) is 17.3. The Labute approximate surface area is 124 Å². The third-order valence-corrected chi connectivity index (χ3v) is 4.88. The molecule has 0 aromatic carbocycles. The average molecular weight is 304 g/mol. The molecule has 7 heteroatoms. The zero-order valence-corrected chi connectivity index (χ0v) is 12.9. The Bertz CT molecular complexity index is 343. The summed E-state index contributed by atoms with van der Waals surface area (Å²) in [7, 11) is 0. The maximum Gasteiger partial charge on any atom is 0.321 e. The number of hydrogen-bond donors (Lipinski definition) is 2. The number of rotatable bonds is 7. The molecule has 1 atom stereocenters. The van der Waals surface area contributed by atoms with Crippen LogP contribution in [0.2, 0.25) is 0 Å². The molecule has 3 N–H and O–H groups in total. The van der Waals surface area contributed by atoms with Crippen LogP contribution in [0.1, 0.15) is 26.7 Å². The molecule has 0 spiro atoms. The van der Waals surface area contributed by atoms with E-state index in [-0.39, 0.29) is 5.91 Å². The van der Waals surface area contributed by atoms with Crippen LogP contribution in [0, 0.1) is 0 Å². The average Bonchev–Trinajstić information content (AvgIpc) is 2.43. The first-order valence-electron chi connectivity index (χ1n) is 6.82. The van der Waals surface area contributed by atoms with E-state index in [9.17, 15) is 9.59 Å². The van der Waals surface area contributed by atoms with Gasteiger partial charge in [0.25, 0.3) is 0 Å². The number of ether oxygens (including phenoxy) is 1. The molecule has 6 nitrogen and oxygen atoms in total. The van der Waals surface area contributed by atoms with Crippen LogP contribution in [0.15, 0.2) is 0 Å². The number of carboxylic acids is 1. The molecule has 20 heavy (non-hydrogen) atoms. The van der Waals surface area contributed by atoms with E-state index >= 15 is 0 Å². The first-order chi connectivity index (χ1) is 9.34. The second-order valence-corrected chi connectivity index (χ2v) is 7.11. The van der Waals surface area contributed by atoms with Gasteiger partial charge in [0, 0.05) is 24.3 Å². The van der Waals surface area contributed by atoms with Gasteiger partial charge in [-0.05, 0) is 26.0 Å². The highest BCUT2D eigenvalue weighted by molar-refractivity contribution is 8.00. The Balaban J connectivity index is 2.23. The van der Waals surface area contributed by atoms with Crippen LogP contribution in [0.25, 0.3) is 0 Å². The van der Waals surface area contributed by atoms with E-state index in [0.29, 0.717) is 32.7 Å². The zero-order valence-electron chi connectivity index (χ0n) is 12.1. The lowest BCUT2D eigenvalue weighted by Crippen LogP contribution is -2.46. The molecule has 116 valence electrons. The van der Waals surface area contributed by atoms with E-state index in [0.717, 1.165) is 12.2 Å². The Morgan fingerprint density at radius 1 is 1.40 bits per heavy atom. The van der Waals surface area contributed by atoms with Crippen LogP contribution in [0.4, 0.5) is 0 Å². The smallest absolute Gasteiger partial charge is 0.321 e. The largest absolute Gasteiger partial charge is 0.480 e. The summed E-state index contributed by atoms with van der Waals surface area (Å²) in [5.74, 6) is -0.120. The number of amides is 1. The monoisotopic (exact) mass is 304 g/mol. The Hall–Kier alpha value is -0.790. The van der Waals surface area contributed by atoms with Crippen LogP contribution < -0.4 is 5.73 Å². The molecule has 1 fully saturated rings. The fourth-order valence-electron chi connectivity index (χ4n) is 1.92. The van der Waals surface area contributed by atoms with E-state index in [1.54, 1.807) is 0 Å². The molecule has 0 saturated carbocycles. The highest BCUT2D eigenvalue weighted by Gasteiger charge is 2.32. The van der Waals surface area contributed by atoms with Crippen LogP contribution in [-0.2, 0) is 14.3 Å². The molecular formula is C13H24N2O4S. The van der Waals surface area contributed by atoms with Crippen LogP contribution >= 0.6 is 11.8 Å². The maximum absolute atomic E-state index is 11.9. The molecule has 1 aliphatic heterocycles. The van der Waals surface area contributed by atoms with Crippen molar-refractivity contribution in [2.45, 2.75) is 37.5 Å². The fraction of sp³-hybridized carbons (Fsp3) is 0.846. The topological polar surface area (TPSA) is 92.9 Å². The van der Waals surface area contributed by atoms with E-state index in [1.807, 2.05) is 18.7 Å². The third-order valence-electron chi connectivity index (χ3n) is 3.39. The summed E-state index contributed by atoms with van der Waals surface area (Å²) < 4.78 is 4.67. The number of morpholine rings is 1. The molecule has 0 aliphatic carbocycles. The van der Waals surface area contributed by atoms with Gasteiger partial charge in [-0.1, -0.05) is 0 Å². The molecule has 0 aromatic rings. The lowest BCUT2D eigenvalue weighted by atomic mass is 10.1. The van der Waals surface area contributed by atoms with Crippen molar-refractivity contribution >= 4 is 23.6 Å². The number of carbonyl (C=O) groups is 2. The highest BCUT2D eigenvalue weighted by Crippen LogP contribution is 2.28. The van der Waals surface area contributed by atoms with Crippen LogP contribution in [0.3, 0.4) is 0 Å². The van der Waals surface area contributed by atoms with Crippen LogP contribution in [-0.4, -0.2) is 64.7 Å². The number of nitrogens with two attached hydrogens (primary N) is 1. The fourth-order valence-corrected chi connectivity index (χ4v) is 3.01. The molecule has 0 bridgehead atoms. The van der Waals surface area contributed by atoms with Crippen molar-refractivity contribution in [2.75, 3.05) is 32.1 Å². The summed E-state index contributed by atoms with van der Waals surface area (Å²) >= 11 is 1.50. The molecule has 0 radical (unpaired) electrons. The summed E-state index contributed by atoms with van der Waals surface area (Å²) in [6.45, 7) is 6.20. The lowest BCUT2D eigenvalue weighted by molar-refractivity contribution is -0.139. The van der Waals surface area contributed by atoms with Crippen molar-refractivity contribution < 1.29 is 19.4 Å². The summed E-state index contributed by atoms with van der Waals surface area (Å²) in [4.78, 5) is 24.6. The summed E-state index contributed by atoms with van der Waals surface area (Å²) in [6, 6.07) is -0.901. The molecule has 1 heterocycles. The molecule has 1 saturated heterocycles. The number of nitrogens with zero attached hydrogens (tertiary/aromatic N) is 1. The van der Waals surface area contributed by atoms with Crippen molar-refractivity contribution in [1.82, 2.24) is 4.90 Å². The van der Waals surface area contributed by atoms with Crippen molar-refractivity contribution in [3.8, 4) is 0 Å². The number of hydrogen-bond acceptors (Lipinski definition) is 5. The van der Waals surface area contributed by atoms with Gasteiger partial charge in [0.15, 0.2) is 0 Å². The normalized spacial score (nSPS) is 17.9. The minimum absolute atomic E-state index is 0.147. The van der Waals surface area contributed by atoms with Crippen molar-refractivity contribution in [3.05, 3.63) is 0 Å². The second-order valence-electron chi connectivity index (χ2n) is 5.36. The number of aliphatic carboxylic acids is 1. The van der Waals surface area contributed by atoms with E-state index in [2.05, 4.69) is 0 Å². The third kappa shape index (κ3) is 5.30. The predicted molar refractivity (Wildman–Crippen MR) is 78.8 cm³/mol. The van der Waals surface area contributed by atoms with Crippen molar-refractivity contribution in [2.24, 2.45) is 5.73 Å². The maximum atomic E-state index is 11.9. The molecule has 1 aliphatic rings. The van der Waals surface area contributed by atoms with Gasteiger partial charge in [0.05, 0.1) is 13.2 Å². The number of carbonyl (C=O) groups excluding carboxylic acids is 1. The van der Waals surface area contributed by atoms with Gasteiger partial charge in [-0.25, -0.2) is 0 Å². The first-order valence-corrected chi connectivity index (χ1v) is 7.81. The summed E-state index contributed by atoms with van der Waals surface area (Å²) in [6.07, 6.45) is 1.22. The number of thioether (sulfide) groups is 1. The zero-order chi connectivity index (χ0) is 15.2. The lowest BCUT2D eigenvalue weighted by Gasteiger charge is -2.29. The van der Waals surface area contributed by atoms with E-state index in [1.165, 1.54) is 11.8 Å². The van der Waals surface area contributed by atoms with Gasteiger partial charge in [-0.2, -0.15) is 11.8 Å². The second kappa shape index (κ2) is 7.85. The molecule has 1 amide bonds. The van der Waals surface area contributed by atoms with Gasteiger partial charge >= 0.3 is 5.97 Å². The van der Waals surface area contributed by atoms with Gasteiger partial charge in [0.1, 0.15) is 6.04 Å².